The van der Waals surface area contributed by atoms with Crippen LogP contribution in [0.1, 0.15) is 35.2 Å². The minimum absolute atomic E-state index is 0.0851. The molecule has 0 amide bonds. The predicted molar refractivity (Wildman–Crippen MR) is 60.8 cm³/mol. The summed E-state index contributed by atoms with van der Waals surface area (Å²) < 4.78 is 0. The van der Waals surface area contributed by atoms with Gasteiger partial charge in [0.2, 0.25) is 0 Å². The summed E-state index contributed by atoms with van der Waals surface area (Å²) in [7, 11) is 0. The fourth-order valence-corrected chi connectivity index (χ4v) is 1.75. The Balaban J connectivity index is 2.02. The number of rotatable bonds is 4. The van der Waals surface area contributed by atoms with E-state index in [-0.39, 0.29) is 11.8 Å². The number of aryl methyl sites for hydroxylation is 1. The molecule has 2 rings (SSSR count). The predicted octanol–water partition coefficient (Wildman–Crippen LogP) is 2.31. The van der Waals surface area contributed by atoms with Gasteiger partial charge in [0.1, 0.15) is 0 Å². The molecule has 0 radical (unpaired) electrons. The Morgan fingerprint density at radius 3 is 2.53 bits per heavy atom. The molecule has 2 N–H and O–H groups in total. The summed E-state index contributed by atoms with van der Waals surface area (Å²) in [6.07, 6.45) is 3.34. The third-order valence-corrected chi connectivity index (χ3v) is 2.96. The third kappa shape index (κ3) is 2.66. The van der Waals surface area contributed by atoms with Crippen LogP contribution < -0.4 is 5.73 Å². The summed E-state index contributed by atoms with van der Waals surface area (Å²) in [5.41, 5.74) is 7.79. The molecule has 0 heterocycles. The number of Topliss-reactive ketones (excluding diaryl/α,β-unsaturated/α-hetero) is 1. The van der Waals surface area contributed by atoms with Crippen molar-refractivity contribution in [2.24, 2.45) is 11.7 Å². The Kier molecular flexibility index (Phi) is 2.87. The molecule has 1 unspecified atom stereocenters. The van der Waals surface area contributed by atoms with E-state index < -0.39 is 0 Å². The number of nitrogens with two attached hydrogens (primary N) is 1. The number of ketones is 1. The average molecular weight is 203 g/mol. The second-order valence-corrected chi connectivity index (χ2v) is 4.52. The van der Waals surface area contributed by atoms with Gasteiger partial charge in [0.15, 0.2) is 5.78 Å². The van der Waals surface area contributed by atoms with Crippen LogP contribution in [0, 0.1) is 12.8 Å². The maximum Gasteiger partial charge on any atom is 0.179 e. The molecular weight excluding hydrogens is 186 g/mol. The summed E-state index contributed by atoms with van der Waals surface area (Å²) in [5.74, 6) is 0.788. The van der Waals surface area contributed by atoms with Crippen molar-refractivity contribution in [1.82, 2.24) is 0 Å². The van der Waals surface area contributed by atoms with Gasteiger partial charge in [0.25, 0.3) is 0 Å². The Morgan fingerprint density at radius 2 is 2.00 bits per heavy atom. The molecule has 1 aromatic rings. The Labute approximate surface area is 90.5 Å². The van der Waals surface area contributed by atoms with Gasteiger partial charge in [-0.15, -0.1) is 0 Å². The molecule has 0 spiro atoms. The zero-order valence-electron chi connectivity index (χ0n) is 9.07. The molecule has 0 saturated heterocycles. The van der Waals surface area contributed by atoms with E-state index in [1.165, 1.54) is 18.4 Å². The highest BCUT2D eigenvalue weighted by atomic mass is 16.1. The maximum absolute atomic E-state index is 11.9. The topological polar surface area (TPSA) is 43.1 Å². The van der Waals surface area contributed by atoms with Gasteiger partial charge in [-0.2, -0.15) is 0 Å². The molecule has 80 valence electrons. The van der Waals surface area contributed by atoms with Crippen LogP contribution in [0.25, 0.3) is 0 Å². The summed E-state index contributed by atoms with van der Waals surface area (Å²) >= 11 is 0. The van der Waals surface area contributed by atoms with Crippen LogP contribution in [-0.2, 0) is 0 Å². The van der Waals surface area contributed by atoms with Crippen LogP contribution in [-0.4, -0.2) is 11.8 Å². The van der Waals surface area contributed by atoms with Crippen molar-refractivity contribution in [2.75, 3.05) is 0 Å². The molecule has 1 aliphatic rings. The third-order valence-electron chi connectivity index (χ3n) is 2.96. The van der Waals surface area contributed by atoms with Crippen molar-refractivity contribution >= 4 is 5.78 Å². The molecule has 1 aliphatic carbocycles. The van der Waals surface area contributed by atoms with Crippen LogP contribution in [0.15, 0.2) is 24.3 Å². The first-order valence-electron chi connectivity index (χ1n) is 5.53. The quantitative estimate of drug-likeness (QED) is 0.763. The lowest BCUT2D eigenvalue weighted by atomic mass is 9.99. The Bertz CT molecular complexity index is 351. The van der Waals surface area contributed by atoms with Gasteiger partial charge in [0.05, 0.1) is 6.04 Å². The molecular formula is C13H17NO. The minimum Gasteiger partial charge on any atom is -0.321 e. The Morgan fingerprint density at radius 1 is 1.40 bits per heavy atom. The smallest absolute Gasteiger partial charge is 0.179 e. The normalized spacial score (nSPS) is 17.5. The van der Waals surface area contributed by atoms with E-state index in [4.69, 9.17) is 5.73 Å². The fraction of sp³-hybridized carbons (Fsp3) is 0.462. The number of hydrogen-bond donors (Lipinski definition) is 1. The summed E-state index contributed by atoms with van der Waals surface area (Å²) in [6, 6.07) is 7.34. The molecule has 1 saturated carbocycles. The molecule has 15 heavy (non-hydrogen) atoms. The summed E-state index contributed by atoms with van der Waals surface area (Å²) in [5, 5.41) is 0. The molecule has 1 atom stereocenters. The van der Waals surface area contributed by atoms with E-state index >= 15 is 0 Å². The molecule has 0 aliphatic heterocycles. The first-order chi connectivity index (χ1) is 7.16. The van der Waals surface area contributed by atoms with Gasteiger partial charge in [0, 0.05) is 5.56 Å². The van der Waals surface area contributed by atoms with Crippen LogP contribution >= 0.6 is 0 Å². The first-order valence-corrected chi connectivity index (χ1v) is 5.53. The van der Waals surface area contributed by atoms with Gasteiger partial charge >= 0.3 is 0 Å². The van der Waals surface area contributed by atoms with Gasteiger partial charge < -0.3 is 5.73 Å². The lowest BCUT2D eigenvalue weighted by Gasteiger charge is -2.09. The highest BCUT2D eigenvalue weighted by molar-refractivity contribution is 5.99. The first kappa shape index (κ1) is 10.4. The van der Waals surface area contributed by atoms with Crippen molar-refractivity contribution in [1.29, 1.82) is 0 Å². The van der Waals surface area contributed by atoms with E-state index in [1.54, 1.807) is 0 Å². The molecule has 2 heteroatoms. The van der Waals surface area contributed by atoms with E-state index in [9.17, 15) is 4.79 Å². The molecule has 1 fully saturated rings. The van der Waals surface area contributed by atoms with Gasteiger partial charge in [-0.1, -0.05) is 42.7 Å². The highest BCUT2D eigenvalue weighted by Gasteiger charge is 2.27. The Hall–Kier alpha value is -1.15. The zero-order valence-corrected chi connectivity index (χ0v) is 9.07. The number of carbonyl (C=O) groups excluding carboxylic acids is 1. The SMILES string of the molecule is Cc1ccc(C(=O)C(N)CC2CC2)cc1. The molecule has 1 aromatic carbocycles. The zero-order chi connectivity index (χ0) is 10.8. The average Bonchev–Trinajstić information content (AvgIpc) is 3.02. The van der Waals surface area contributed by atoms with Gasteiger partial charge in [-0.3, -0.25) is 4.79 Å². The summed E-state index contributed by atoms with van der Waals surface area (Å²) in [4.78, 5) is 11.9. The van der Waals surface area contributed by atoms with E-state index in [1.807, 2.05) is 31.2 Å². The van der Waals surface area contributed by atoms with Crippen LogP contribution in [0.3, 0.4) is 0 Å². The van der Waals surface area contributed by atoms with Crippen molar-refractivity contribution < 1.29 is 4.79 Å². The second kappa shape index (κ2) is 4.15. The lowest BCUT2D eigenvalue weighted by molar-refractivity contribution is 0.0954. The number of carbonyl (C=O) groups is 1. The molecule has 2 nitrogen and oxygen atoms in total. The van der Waals surface area contributed by atoms with Crippen molar-refractivity contribution in [3.63, 3.8) is 0 Å². The number of hydrogen-bond acceptors (Lipinski definition) is 2. The van der Waals surface area contributed by atoms with Crippen molar-refractivity contribution in [2.45, 2.75) is 32.2 Å². The van der Waals surface area contributed by atoms with E-state index in [0.29, 0.717) is 5.92 Å². The second-order valence-electron chi connectivity index (χ2n) is 4.52. The summed E-state index contributed by atoms with van der Waals surface area (Å²) in [6.45, 7) is 2.01. The monoisotopic (exact) mass is 203 g/mol. The minimum atomic E-state index is -0.305. The fourth-order valence-electron chi connectivity index (χ4n) is 1.75. The van der Waals surface area contributed by atoms with Crippen LogP contribution in [0.4, 0.5) is 0 Å². The van der Waals surface area contributed by atoms with Gasteiger partial charge in [-0.25, -0.2) is 0 Å². The van der Waals surface area contributed by atoms with Crippen molar-refractivity contribution in [3.05, 3.63) is 35.4 Å². The highest BCUT2D eigenvalue weighted by Crippen LogP contribution is 2.33. The van der Waals surface area contributed by atoms with Crippen LogP contribution in [0.2, 0.25) is 0 Å². The standard InChI is InChI=1S/C13H17NO/c1-9-2-6-11(7-3-9)13(15)12(14)8-10-4-5-10/h2-3,6-7,10,12H,4-5,8,14H2,1H3. The lowest BCUT2D eigenvalue weighted by Crippen LogP contribution is -2.30. The molecule has 0 bridgehead atoms. The van der Waals surface area contributed by atoms with E-state index in [2.05, 4.69) is 0 Å². The molecule has 0 aromatic heterocycles. The van der Waals surface area contributed by atoms with Crippen molar-refractivity contribution in [3.8, 4) is 0 Å². The maximum atomic E-state index is 11.9. The largest absolute Gasteiger partial charge is 0.321 e. The number of benzene rings is 1. The van der Waals surface area contributed by atoms with Crippen LogP contribution in [0.5, 0.6) is 0 Å². The van der Waals surface area contributed by atoms with Gasteiger partial charge in [-0.05, 0) is 19.3 Å². The van der Waals surface area contributed by atoms with E-state index in [0.717, 1.165) is 12.0 Å².